The van der Waals surface area contributed by atoms with Gasteiger partial charge in [0.15, 0.2) is 0 Å². The first-order valence-corrected chi connectivity index (χ1v) is 11.1. The van der Waals surface area contributed by atoms with Crippen LogP contribution in [-0.4, -0.2) is 17.7 Å². The van der Waals surface area contributed by atoms with Gasteiger partial charge in [0.2, 0.25) is 0 Å². The number of hydrogen-bond donors (Lipinski definition) is 1. The highest BCUT2D eigenvalue weighted by Gasteiger charge is 2.34. The van der Waals surface area contributed by atoms with Crippen molar-refractivity contribution in [3.8, 4) is 0 Å². The van der Waals surface area contributed by atoms with Gasteiger partial charge in [0, 0.05) is 17.5 Å². The minimum absolute atomic E-state index is 0.137. The third kappa shape index (κ3) is 4.79. The summed E-state index contributed by atoms with van der Waals surface area (Å²) in [5.74, 6) is -0.443. The van der Waals surface area contributed by atoms with E-state index in [1.807, 2.05) is 0 Å². The third-order valence-electron chi connectivity index (χ3n) is 5.77. The normalized spacial score (nSPS) is 20.0. The van der Waals surface area contributed by atoms with Crippen molar-refractivity contribution in [2.45, 2.75) is 57.0 Å². The first-order valence-electron chi connectivity index (χ1n) is 10.4. The molecule has 7 heteroatoms. The number of amides is 1. The van der Waals surface area contributed by atoms with E-state index >= 15 is 0 Å². The maximum atomic E-state index is 13.5. The lowest BCUT2D eigenvalue weighted by atomic mass is 10.0. The van der Waals surface area contributed by atoms with Gasteiger partial charge in [-0.25, -0.2) is 4.39 Å². The molecule has 0 bridgehead atoms. The van der Waals surface area contributed by atoms with Crippen LogP contribution in [0.25, 0.3) is 0 Å². The molecule has 1 fully saturated rings. The predicted octanol–water partition coefficient (Wildman–Crippen LogP) is 6.28. The maximum Gasteiger partial charge on any atom is 0.267 e. The summed E-state index contributed by atoms with van der Waals surface area (Å²) in [4.78, 5) is 13.0. The quantitative estimate of drug-likeness (QED) is 0.560. The zero-order valence-corrected chi connectivity index (χ0v) is 18.1. The lowest BCUT2D eigenvalue weighted by Crippen LogP contribution is -2.38. The van der Waals surface area contributed by atoms with Crippen LogP contribution in [0.1, 0.15) is 56.6 Å². The Morgan fingerprint density at radius 2 is 1.73 bits per heavy atom. The van der Waals surface area contributed by atoms with Crippen molar-refractivity contribution < 1.29 is 9.18 Å². The van der Waals surface area contributed by atoms with Gasteiger partial charge in [-0.1, -0.05) is 61.0 Å². The molecule has 1 aliphatic carbocycles. The molecule has 2 aliphatic rings. The molecule has 4 rings (SSSR count). The van der Waals surface area contributed by atoms with Crippen LogP contribution in [0.3, 0.4) is 0 Å². The van der Waals surface area contributed by atoms with E-state index in [1.54, 1.807) is 35.3 Å². The van der Waals surface area contributed by atoms with Crippen LogP contribution in [0.15, 0.2) is 47.6 Å². The highest BCUT2D eigenvalue weighted by atomic mass is 35.5. The van der Waals surface area contributed by atoms with Crippen molar-refractivity contribution in [2.24, 2.45) is 5.10 Å². The Hall–Kier alpha value is -2.11. The first-order chi connectivity index (χ1) is 14.5. The van der Waals surface area contributed by atoms with E-state index in [1.165, 1.54) is 25.0 Å². The number of carbonyl (C=O) groups excluding carboxylic acids is 1. The van der Waals surface area contributed by atoms with Gasteiger partial charge < -0.3 is 5.32 Å². The molecule has 2 aromatic carbocycles. The van der Waals surface area contributed by atoms with Crippen LogP contribution >= 0.6 is 23.2 Å². The molecule has 1 unspecified atom stereocenters. The second-order valence-electron chi connectivity index (χ2n) is 7.92. The average Bonchev–Trinajstić information content (AvgIpc) is 3.00. The molecule has 1 N–H and O–H groups in total. The van der Waals surface area contributed by atoms with Crippen molar-refractivity contribution in [3.63, 3.8) is 0 Å². The highest BCUT2D eigenvalue weighted by Crippen LogP contribution is 2.39. The number of benzene rings is 2. The van der Waals surface area contributed by atoms with E-state index in [-0.39, 0.29) is 23.8 Å². The van der Waals surface area contributed by atoms with Crippen molar-refractivity contribution in [3.05, 3.63) is 63.9 Å². The molecule has 0 spiro atoms. The van der Waals surface area contributed by atoms with Gasteiger partial charge in [-0.3, -0.25) is 9.80 Å². The van der Waals surface area contributed by atoms with Gasteiger partial charge in [0.1, 0.15) is 11.5 Å². The molecule has 1 amide bonds. The van der Waals surface area contributed by atoms with Crippen molar-refractivity contribution >= 4 is 40.5 Å². The number of halogens is 3. The molecule has 1 heterocycles. The molecule has 2 aromatic rings. The molecule has 1 aliphatic heterocycles. The smallest absolute Gasteiger partial charge is 0.267 e. The van der Waals surface area contributed by atoms with Crippen LogP contribution < -0.4 is 10.3 Å². The molecule has 0 saturated heterocycles. The van der Waals surface area contributed by atoms with Gasteiger partial charge >= 0.3 is 0 Å². The third-order valence-corrected chi connectivity index (χ3v) is 6.31. The second kappa shape index (κ2) is 9.36. The molecule has 158 valence electrons. The van der Waals surface area contributed by atoms with E-state index in [9.17, 15) is 9.18 Å². The summed E-state index contributed by atoms with van der Waals surface area (Å²) in [6.45, 7) is 0. The minimum Gasteiger partial charge on any atom is -0.348 e. The Bertz CT molecular complexity index is 940. The van der Waals surface area contributed by atoms with Gasteiger partial charge in [0.25, 0.3) is 5.91 Å². The molecule has 0 aromatic heterocycles. The van der Waals surface area contributed by atoms with Crippen LogP contribution in [0.5, 0.6) is 0 Å². The van der Waals surface area contributed by atoms with E-state index in [0.717, 1.165) is 31.2 Å². The molecule has 1 saturated carbocycles. The fourth-order valence-corrected chi connectivity index (χ4v) is 4.67. The van der Waals surface area contributed by atoms with E-state index in [4.69, 9.17) is 23.2 Å². The van der Waals surface area contributed by atoms with Crippen LogP contribution in [0.4, 0.5) is 10.1 Å². The molecule has 1 atom stereocenters. The summed E-state index contributed by atoms with van der Waals surface area (Å²) >= 11 is 12.5. The summed E-state index contributed by atoms with van der Waals surface area (Å²) in [6, 6.07) is 11.4. The summed E-state index contributed by atoms with van der Waals surface area (Å²) < 4.78 is 13.5. The number of hydrogen-bond acceptors (Lipinski definition) is 3. The number of nitrogens with one attached hydrogen (secondary N) is 1. The Morgan fingerprint density at radius 3 is 2.40 bits per heavy atom. The Kier molecular flexibility index (Phi) is 6.59. The summed E-state index contributed by atoms with van der Waals surface area (Å²) in [5.41, 5.74) is 1.98. The SMILES string of the molecule is O=C(NC1CCCCCC1)C1=NN(c2ccc(Cl)cc2Cl)C(c2ccc(F)cc2)C1. The fourth-order valence-electron chi connectivity index (χ4n) is 4.17. The molecular formula is C23H24Cl2FN3O. The van der Waals surface area contributed by atoms with Crippen molar-refractivity contribution in [1.29, 1.82) is 0 Å². The lowest BCUT2D eigenvalue weighted by Gasteiger charge is -2.25. The number of anilines is 1. The van der Waals surface area contributed by atoms with Gasteiger partial charge in [-0.05, 0) is 48.7 Å². The monoisotopic (exact) mass is 447 g/mol. The lowest BCUT2D eigenvalue weighted by molar-refractivity contribution is -0.115. The zero-order chi connectivity index (χ0) is 21.1. The Balaban J connectivity index is 1.61. The average molecular weight is 448 g/mol. The highest BCUT2D eigenvalue weighted by molar-refractivity contribution is 6.40. The number of rotatable bonds is 4. The van der Waals surface area contributed by atoms with Crippen LogP contribution in [-0.2, 0) is 4.79 Å². The molecule has 4 nitrogen and oxygen atoms in total. The largest absolute Gasteiger partial charge is 0.348 e. The predicted molar refractivity (Wildman–Crippen MR) is 120 cm³/mol. The van der Waals surface area contributed by atoms with E-state index in [0.29, 0.717) is 27.9 Å². The minimum atomic E-state index is -0.305. The van der Waals surface area contributed by atoms with Gasteiger partial charge in [-0.15, -0.1) is 0 Å². The fraction of sp³-hybridized carbons (Fsp3) is 0.391. The molecule has 0 radical (unpaired) electrons. The number of hydrazone groups is 1. The summed E-state index contributed by atoms with van der Waals surface area (Å²) in [6.07, 6.45) is 7.17. The molecule has 30 heavy (non-hydrogen) atoms. The number of carbonyl (C=O) groups is 1. The molecular weight excluding hydrogens is 424 g/mol. The number of nitrogens with zero attached hydrogens (tertiary/aromatic N) is 2. The van der Waals surface area contributed by atoms with E-state index in [2.05, 4.69) is 10.4 Å². The summed E-state index contributed by atoms with van der Waals surface area (Å²) in [7, 11) is 0. The van der Waals surface area contributed by atoms with Gasteiger partial charge in [0.05, 0.1) is 16.8 Å². The topological polar surface area (TPSA) is 44.7 Å². The van der Waals surface area contributed by atoms with Crippen molar-refractivity contribution in [1.82, 2.24) is 5.32 Å². The van der Waals surface area contributed by atoms with Crippen LogP contribution in [0, 0.1) is 5.82 Å². The Morgan fingerprint density at radius 1 is 1.03 bits per heavy atom. The second-order valence-corrected chi connectivity index (χ2v) is 8.76. The standard InChI is InChI=1S/C23H24Cl2FN3O/c24-16-9-12-21(19(25)13-16)29-22(15-7-10-17(26)11-8-15)14-20(28-29)23(30)27-18-5-3-1-2-4-6-18/h7-13,18,22H,1-6,14H2,(H,27,30). The maximum absolute atomic E-state index is 13.5. The van der Waals surface area contributed by atoms with Crippen molar-refractivity contribution in [2.75, 3.05) is 5.01 Å². The van der Waals surface area contributed by atoms with Crippen LogP contribution in [0.2, 0.25) is 10.0 Å². The zero-order valence-electron chi connectivity index (χ0n) is 16.6. The summed E-state index contributed by atoms with van der Waals surface area (Å²) in [5, 5.41) is 10.5. The first kappa shape index (κ1) is 21.1. The Labute approximate surface area is 186 Å². The van der Waals surface area contributed by atoms with E-state index < -0.39 is 0 Å². The van der Waals surface area contributed by atoms with Gasteiger partial charge in [-0.2, -0.15) is 5.10 Å².